The van der Waals surface area contributed by atoms with E-state index in [1.165, 1.54) is 35.7 Å². The molecule has 1 saturated heterocycles. The third-order valence-electron chi connectivity index (χ3n) is 5.83. The van der Waals surface area contributed by atoms with Crippen LogP contribution in [0.25, 0.3) is 0 Å². The van der Waals surface area contributed by atoms with Crippen LogP contribution in [0.3, 0.4) is 0 Å². The van der Waals surface area contributed by atoms with Crippen molar-refractivity contribution in [2.24, 2.45) is 0 Å². The zero-order chi connectivity index (χ0) is 24.8. The number of anilines is 3. The number of aryl methyl sites for hydroxylation is 2. The van der Waals surface area contributed by atoms with Gasteiger partial charge in [-0.25, -0.2) is 14.8 Å². The maximum Gasteiger partial charge on any atom is 0.337 e. The molecule has 0 radical (unpaired) electrons. The van der Waals surface area contributed by atoms with Gasteiger partial charge in [0, 0.05) is 43.8 Å². The summed E-state index contributed by atoms with van der Waals surface area (Å²) in [7, 11) is 1.32. The summed E-state index contributed by atoms with van der Waals surface area (Å²) in [6.07, 6.45) is 1.74. The number of hydrogen-bond acceptors (Lipinski definition) is 8. The number of hydrogen-bond donors (Lipinski definition) is 1. The molecule has 1 aliphatic rings. The van der Waals surface area contributed by atoms with E-state index in [0.717, 1.165) is 32.0 Å². The Morgan fingerprint density at radius 3 is 2.57 bits per heavy atom. The van der Waals surface area contributed by atoms with E-state index in [0.29, 0.717) is 16.4 Å². The maximum atomic E-state index is 12.4. The Bertz CT molecular complexity index is 1210. The number of amides is 1. The van der Waals surface area contributed by atoms with Crippen molar-refractivity contribution in [2.45, 2.75) is 19.0 Å². The summed E-state index contributed by atoms with van der Waals surface area (Å²) in [6, 6.07) is 15.1. The fourth-order valence-corrected chi connectivity index (χ4v) is 4.61. The normalized spacial score (nSPS) is 13.5. The highest BCUT2D eigenvalue weighted by Crippen LogP contribution is 2.25. The number of benzene rings is 2. The van der Waals surface area contributed by atoms with E-state index in [1.54, 1.807) is 30.5 Å². The van der Waals surface area contributed by atoms with Gasteiger partial charge in [0.15, 0.2) is 5.16 Å². The van der Waals surface area contributed by atoms with E-state index >= 15 is 0 Å². The molecule has 2 heterocycles. The van der Waals surface area contributed by atoms with Crippen LogP contribution in [0.2, 0.25) is 0 Å². The Balaban J connectivity index is 1.31. The molecule has 1 N–H and O–H groups in total. The van der Waals surface area contributed by atoms with E-state index in [2.05, 4.69) is 57.1 Å². The Hall–Kier alpha value is -3.59. The van der Waals surface area contributed by atoms with Crippen molar-refractivity contribution in [2.75, 3.05) is 54.2 Å². The van der Waals surface area contributed by atoms with Gasteiger partial charge in [-0.3, -0.25) is 4.79 Å². The molecule has 1 aromatic heterocycles. The fraction of sp³-hybridized carbons (Fsp3) is 0.308. The minimum Gasteiger partial charge on any atom is -0.465 e. The number of aromatic nitrogens is 2. The number of methoxy groups -OCH3 is 1. The monoisotopic (exact) mass is 491 g/mol. The molecular formula is C26H29N5O3S. The number of nitrogens with one attached hydrogen (secondary N) is 1. The molecule has 182 valence electrons. The third-order valence-corrected chi connectivity index (χ3v) is 6.69. The van der Waals surface area contributed by atoms with Crippen LogP contribution in [0.1, 0.15) is 21.5 Å². The molecule has 0 bridgehead atoms. The molecule has 0 atom stereocenters. The fourth-order valence-electron chi connectivity index (χ4n) is 3.98. The van der Waals surface area contributed by atoms with E-state index < -0.39 is 5.97 Å². The highest BCUT2D eigenvalue weighted by molar-refractivity contribution is 7.99. The van der Waals surface area contributed by atoms with Crippen molar-refractivity contribution >= 4 is 40.8 Å². The highest BCUT2D eigenvalue weighted by Gasteiger charge is 2.20. The molecule has 35 heavy (non-hydrogen) atoms. The molecule has 3 aromatic rings. The van der Waals surface area contributed by atoms with Crippen molar-refractivity contribution in [3.63, 3.8) is 0 Å². The molecule has 8 nitrogen and oxygen atoms in total. The van der Waals surface area contributed by atoms with E-state index in [-0.39, 0.29) is 11.7 Å². The number of ether oxygens (including phenoxy) is 1. The van der Waals surface area contributed by atoms with Gasteiger partial charge >= 0.3 is 5.97 Å². The van der Waals surface area contributed by atoms with Crippen molar-refractivity contribution < 1.29 is 14.3 Å². The number of nitrogens with zero attached hydrogens (tertiary/aromatic N) is 4. The summed E-state index contributed by atoms with van der Waals surface area (Å²) in [6.45, 7) is 7.85. The van der Waals surface area contributed by atoms with Crippen LogP contribution in [-0.4, -0.2) is 60.9 Å². The lowest BCUT2D eigenvalue weighted by atomic mass is 10.1. The largest absolute Gasteiger partial charge is 0.465 e. The van der Waals surface area contributed by atoms with Gasteiger partial charge in [0.25, 0.3) is 0 Å². The maximum absolute atomic E-state index is 12.4. The van der Waals surface area contributed by atoms with Crippen LogP contribution in [0.15, 0.2) is 59.9 Å². The number of esters is 1. The van der Waals surface area contributed by atoms with Crippen LogP contribution in [0, 0.1) is 13.8 Å². The van der Waals surface area contributed by atoms with Crippen molar-refractivity contribution in [1.82, 2.24) is 9.97 Å². The Kier molecular flexibility index (Phi) is 7.87. The lowest BCUT2D eigenvalue weighted by molar-refractivity contribution is -0.113. The predicted octanol–water partition coefficient (Wildman–Crippen LogP) is 3.94. The van der Waals surface area contributed by atoms with Gasteiger partial charge in [0.05, 0.1) is 18.4 Å². The highest BCUT2D eigenvalue weighted by atomic mass is 32.2. The average molecular weight is 492 g/mol. The number of piperazine rings is 1. The molecule has 0 aliphatic carbocycles. The first-order chi connectivity index (χ1) is 16.9. The zero-order valence-corrected chi connectivity index (χ0v) is 21.0. The van der Waals surface area contributed by atoms with Crippen LogP contribution < -0.4 is 15.1 Å². The zero-order valence-electron chi connectivity index (χ0n) is 20.2. The number of carbonyl (C=O) groups is 2. The number of thioether (sulfide) groups is 1. The summed E-state index contributed by atoms with van der Waals surface area (Å²) < 4.78 is 4.72. The first-order valence-electron chi connectivity index (χ1n) is 11.4. The first-order valence-corrected chi connectivity index (χ1v) is 12.4. The minimum absolute atomic E-state index is 0.159. The minimum atomic E-state index is -0.449. The molecule has 1 fully saturated rings. The summed E-state index contributed by atoms with van der Waals surface area (Å²) >= 11 is 1.28. The van der Waals surface area contributed by atoms with Crippen molar-refractivity contribution in [3.8, 4) is 0 Å². The first kappa shape index (κ1) is 24.5. The lowest BCUT2D eigenvalue weighted by Gasteiger charge is -2.37. The lowest BCUT2D eigenvalue weighted by Crippen LogP contribution is -2.47. The van der Waals surface area contributed by atoms with Gasteiger partial charge in [0.1, 0.15) is 5.82 Å². The summed E-state index contributed by atoms with van der Waals surface area (Å²) in [5.74, 6) is 0.379. The van der Waals surface area contributed by atoms with Gasteiger partial charge in [-0.05, 0) is 55.3 Å². The summed E-state index contributed by atoms with van der Waals surface area (Å²) in [4.78, 5) is 37.8. The second kappa shape index (κ2) is 11.2. The number of carbonyl (C=O) groups excluding carboxylic acids is 2. The Morgan fingerprint density at radius 2 is 1.80 bits per heavy atom. The van der Waals surface area contributed by atoms with Gasteiger partial charge in [-0.1, -0.05) is 30.0 Å². The Labute approximate surface area is 209 Å². The van der Waals surface area contributed by atoms with Gasteiger partial charge < -0.3 is 19.9 Å². The second-order valence-corrected chi connectivity index (χ2v) is 9.31. The van der Waals surface area contributed by atoms with E-state index in [1.807, 2.05) is 6.07 Å². The molecule has 9 heteroatoms. The summed E-state index contributed by atoms with van der Waals surface area (Å²) in [5, 5.41) is 3.35. The molecule has 0 saturated carbocycles. The standard InChI is InChI=1S/C26H29N5O3S/c1-18-7-8-19(2)22(15-18)30-11-13-31(14-12-30)23-9-10-27-26(29-23)35-17-24(32)28-21-6-4-5-20(16-21)25(33)34-3/h4-10,15-16H,11-14,17H2,1-3H3,(H,28,32). The molecular weight excluding hydrogens is 462 g/mol. The SMILES string of the molecule is COC(=O)c1cccc(NC(=O)CSc2nccc(N3CCN(c4cc(C)ccc4C)CC3)n2)c1. The van der Waals surface area contributed by atoms with Gasteiger partial charge in [-0.15, -0.1) is 0 Å². The Morgan fingerprint density at radius 1 is 1.03 bits per heavy atom. The molecule has 1 amide bonds. The van der Waals surface area contributed by atoms with E-state index in [4.69, 9.17) is 4.74 Å². The smallest absolute Gasteiger partial charge is 0.337 e. The third kappa shape index (κ3) is 6.30. The predicted molar refractivity (Wildman–Crippen MR) is 140 cm³/mol. The quantitative estimate of drug-likeness (QED) is 0.302. The molecule has 0 spiro atoms. The van der Waals surface area contributed by atoms with Gasteiger partial charge in [0.2, 0.25) is 5.91 Å². The second-order valence-electron chi connectivity index (χ2n) is 8.37. The topological polar surface area (TPSA) is 87.7 Å². The molecule has 1 aliphatic heterocycles. The molecule has 0 unspecified atom stereocenters. The van der Waals surface area contributed by atoms with Crippen LogP contribution >= 0.6 is 11.8 Å². The number of rotatable bonds is 7. The van der Waals surface area contributed by atoms with Crippen LogP contribution in [0.4, 0.5) is 17.2 Å². The van der Waals surface area contributed by atoms with Crippen molar-refractivity contribution in [1.29, 1.82) is 0 Å². The van der Waals surface area contributed by atoms with Gasteiger partial charge in [-0.2, -0.15) is 0 Å². The van der Waals surface area contributed by atoms with Crippen LogP contribution in [-0.2, 0) is 9.53 Å². The summed E-state index contributed by atoms with van der Waals surface area (Å²) in [5.41, 5.74) is 4.78. The molecule has 2 aromatic carbocycles. The average Bonchev–Trinajstić information content (AvgIpc) is 2.89. The van der Waals surface area contributed by atoms with E-state index in [9.17, 15) is 9.59 Å². The molecule has 4 rings (SSSR count). The van der Waals surface area contributed by atoms with Crippen molar-refractivity contribution in [3.05, 3.63) is 71.4 Å². The van der Waals surface area contributed by atoms with Crippen LogP contribution in [0.5, 0.6) is 0 Å².